The zero-order valence-electron chi connectivity index (χ0n) is 28.8. The third-order valence-electron chi connectivity index (χ3n) is 14.4. The average Bonchev–Trinajstić information content (AvgIpc) is 3.30. The van der Waals surface area contributed by atoms with Crippen LogP contribution in [0.25, 0.3) is 0 Å². The predicted octanol–water partition coefficient (Wildman–Crippen LogP) is 7.09. The number of ketones is 1. The Kier molecular flexibility index (Phi) is 8.37. The van der Waals surface area contributed by atoms with E-state index in [1.807, 2.05) is 0 Å². The van der Waals surface area contributed by atoms with Crippen LogP contribution in [0.1, 0.15) is 96.5 Å². The molecule has 7 aliphatic carbocycles. The molecular weight excluding hydrogens is 655 g/mol. The van der Waals surface area contributed by atoms with E-state index in [9.17, 15) is 36.6 Å². The largest absolute Gasteiger partial charge is 0.573 e. The number of benzene rings is 1. The molecule has 49 heavy (non-hydrogen) atoms. The van der Waals surface area contributed by atoms with Crippen LogP contribution in [0.3, 0.4) is 0 Å². The summed E-state index contributed by atoms with van der Waals surface area (Å²) in [7, 11) is -3.84. The number of aliphatic hydroxyl groups excluding tert-OH is 1. The van der Waals surface area contributed by atoms with Gasteiger partial charge in [0.2, 0.25) is 10.0 Å². The summed E-state index contributed by atoms with van der Waals surface area (Å²) in [5, 5.41) is 23.7. The van der Waals surface area contributed by atoms with E-state index in [0.717, 1.165) is 75.3 Å². The molecule has 0 heterocycles. The topological polar surface area (TPSA) is 104 Å². The van der Waals surface area contributed by atoms with E-state index in [0.29, 0.717) is 31.2 Å². The van der Waals surface area contributed by atoms with Crippen molar-refractivity contribution in [2.24, 2.45) is 39.4 Å². The maximum absolute atomic E-state index is 14.7. The minimum atomic E-state index is -4.84. The van der Waals surface area contributed by atoms with Crippen LogP contribution in [0.15, 0.2) is 48.1 Å². The first kappa shape index (κ1) is 35.2. The van der Waals surface area contributed by atoms with Gasteiger partial charge >= 0.3 is 6.36 Å². The van der Waals surface area contributed by atoms with Crippen molar-refractivity contribution in [2.75, 3.05) is 12.8 Å². The molecule has 1 aromatic carbocycles. The Labute approximate surface area is 288 Å². The number of hydrogen-bond donors (Lipinski definition) is 2. The Morgan fingerprint density at radius 3 is 2.22 bits per heavy atom. The quantitative estimate of drug-likeness (QED) is 0.280. The van der Waals surface area contributed by atoms with Crippen molar-refractivity contribution in [2.45, 2.75) is 116 Å². The smallest absolute Gasteiger partial charge is 0.406 e. The Balaban J connectivity index is 1.24. The molecule has 4 saturated carbocycles. The van der Waals surface area contributed by atoms with E-state index in [-0.39, 0.29) is 42.0 Å². The van der Waals surface area contributed by atoms with Gasteiger partial charge in [-0.2, -0.15) is 4.31 Å². The van der Waals surface area contributed by atoms with E-state index in [4.69, 9.17) is 0 Å². The molecule has 8 rings (SSSR count). The molecule has 1 unspecified atom stereocenters. The number of rotatable bonds is 8. The van der Waals surface area contributed by atoms with Crippen LogP contribution in [-0.2, 0) is 21.4 Å². The van der Waals surface area contributed by atoms with Gasteiger partial charge in [0.05, 0.1) is 18.0 Å². The molecule has 0 aromatic heterocycles. The van der Waals surface area contributed by atoms with Crippen LogP contribution in [0.2, 0.25) is 0 Å². The van der Waals surface area contributed by atoms with E-state index in [1.54, 1.807) is 0 Å². The highest BCUT2D eigenvalue weighted by Gasteiger charge is 2.74. The normalized spacial score (nSPS) is 40.4. The van der Waals surface area contributed by atoms with Crippen molar-refractivity contribution < 1.29 is 41.3 Å². The molecular formula is C38H50F3NO6S. The molecule has 2 bridgehead atoms. The highest BCUT2D eigenvalue weighted by atomic mass is 32.2. The number of carbonyl (C=O) groups is 1. The minimum Gasteiger partial charge on any atom is -0.406 e. The van der Waals surface area contributed by atoms with E-state index in [1.165, 1.54) is 16.4 Å². The van der Waals surface area contributed by atoms with Crippen LogP contribution in [0.5, 0.6) is 5.75 Å². The van der Waals surface area contributed by atoms with E-state index < -0.39 is 50.1 Å². The number of carbonyl (C=O) groups excluding carboxylic acids is 1. The van der Waals surface area contributed by atoms with Crippen LogP contribution in [-0.4, -0.2) is 59.6 Å². The highest BCUT2D eigenvalue weighted by Crippen LogP contribution is 2.78. The number of ether oxygens (including phenoxy) is 1. The maximum Gasteiger partial charge on any atom is 0.573 e. The molecule has 8 atom stereocenters. The summed E-state index contributed by atoms with van der Waals surface area (Å²) < 4.78 is 69.8. The van der Waals surface area contributed by atoms with Gasteiger partial charge < -0.3 is 14.9 Å². The van der Waals surface area contributed by atoms with Crippen molar-refractivity contribution in [1.29, 1.82) is 0 Å². The summed E-state index contributed by atoms with van der Waals surface area (Å²) in [6.45, 7) is 4.16. The van der Waals surface area contributed by atoms with Gasteiger partial charge in [-0.1, -0.05) is 63.5 Å². The van der Waals surface area contributed by atoms with Crippen LogP contribution in [0.4, 0.5) is 13.2 Å². The third kappa shape index (κ3) is 5.46. The Morgan fingerprint density at radius 1 is 0.939 bits per heavy atom. The first-order chi connectivity index (χ1) is 22.9. The Bertz CT molecular complexity index is 1650. The second kappa shape index (κ2) is 11.7. The third-order valence-corrected chi connectivity index (χ3v) is 15.6. The second-order valence-electron chi connectivity index (χ2n) is 16.7. The van der Waals surface area contributed by atoms with Crippen molar-refractivity contribution in [3.8, 4) is 5.75 Å². The van der Waals surface area contributed by atoms with Crippen LogP contribution in [0, 0.1) is 39.4 Å². The summed E-state index contributed by atoms with van der Waals surface area (Å²) in [5.74, 6) is -0.130. The van der Waals surface area contributed by atoms with Gasteiger partial charge in [-0.3, -0.25) is 4.79 Å². The van der Waals surface area contributed by atoms with Crippen molar-refractivity contribution in [1.82, 2.24) is 4.31 Å². The SMILES string of the molecule is C[C@]12CC[C@H]3[C@]4(C=C[C@@]5(C=C4C(=O)C4CCCCC4)CC(O)CC[C@]35C)[C@@H]1CC[C@@]2(O)CN(Cc1ccc(OC(F)(F)F)cc1)S(C)(=O)=O. The molecule has 4 fully saturated rings. The number of allylic oxidation sites excluding steroid dienone is 4. The maximum atomic E-state index is 14.7. The Hall–Kier alpha value is -2.21. The summed E-state index contributed by atoms with van der Waals surface area (Å²) in [6.07, 6.45) is 12.3. The number of sulfonamides is 1. The number of halogens is 3. The number of alkyl halides is 3. The molecule has 0 saturated heterocycles. The number of fused-ring (bicyclic) bond motifs is 1. The van der Waals surface area contributed by atoms with Gasteiger partial charge in [0, 0.05) is 40.8 Å². The highest BCUT2D eigenvalue weighted by molar-refractivity contribution is 7.88. The number of aliphatic hydroxyl groups is 2. The summed E-state index contributed by atoms with van der Waals surface area (Å²) >= 11 is 0. The lowest BCUT2D eigenvalue weighted by Gasteiger charge is -2.71. The number of hydrogen-bond acceptors (Lipinski definition) is 6. The van der Waals surface area contributed by atoms with Gasteiger partial charge in [0.15, 0.2) is 5.78 Å². The van der Waals surface area contributed by atoms with E-state index in [2.05, 4.69) is 36.8 Å². The zero-order valence-corrected chi connectivity index (χ0v) is 29.6. The van der Waals surface area contributed by atoms with Gasteiger partial charge in [-0.25, -0.2) is 8.42 Å². The molecule has 7 aliphatic rings. The van der Waals surface area contributed by atoms with Crippen LogP contribution >= 0.6 is 0 Å². The van der Waals surface area contributed by atoms with Gasteiger partial charge in [-0.05, 0) is 92.7 Å². The van der Waals surface area contributed by atoms with E-state index >= 15 is 0 Å². The zero-order chi connectivity index (χ0) is 35.3. The lowest BCUT2D eigenvalue weighted by atomic mass is 9.32. The van der Waals surface area contributed by atoms with Crippen LogP contribution < -0.4 is 4.74 Å². The monoisotopic (exact) mass is 705 g/mol. The molecule has 1 aromatic rings. The number of Topliss-reactive ketones (excluding diaryl/α,β-unsaturated/α-hetero) is 1. The molecule has 0 radical (unpaired) electrons. The van der Waals surface area contributed by atoms with Gasteiger partial charge in [0.25, 0.3) is 0 Å². The first-order valence-electron chi connectivity index (χ1n) is 18.0. The average molecular weight is 706 g/mol. The predicted molar refractivity (Wildman–Crippen MR) is 179 cm³/mol. The van der Waals surface area contributed by atoms with Crippen molar-refractivity contribution >= 4 is 15.8 Å². The van der Waals surface area contributed by atoms with Gasteiger partial charge in [-0.15, -0.1) is 13.2 Å². The van der Waals surface area contributed by atoms with Crippen molar-refractivity contribution in [3.05, 3.63) is 53.6 Å². The van der Waals surface area contributed by atoms with Gasteiger partial charge in [0.1, 0.15) is 5.75 Å². The first-order valence-corrected chi connectivity index (χ1v) is 19.9. The fourth-order valence-electron chi connectivity index (χ4n) is 11.8. The molecule has 7 nitrogen and oxygen atoms in total. The standard InChI is InChI=1S/C38H50F3NO6S/c1-33-16-13-27(43)21-35(33)19-20-37(29(22-35)32(44)26-7-5-4-6-8-26)30(33)14-17-34(2)31(37)15-18-36(34,45)24-42(49(3,46)47)23-25-9-11-28(12-10-25)48-38(39,40)41/h9-12,19-20,22,26-27,30-31,43,45H,4-8,13-18,21,23-24H2,1-3H3/t27?,30-,31-,33-,34+,35+,36-,37-/m1/s1. The molecule has 270 valence electrons. The lowest BCUT2D eigenvalue weighted by Crippen LogP contribution is -2.67. The Morgan fingerprint density at radius 2 is 1.57 bits per heavy atom. The molecule has 0 amide bonds. The summed E-state index contributed by atoms with van der Waals surface area (Å²) in [4.78, 5) is 14.7. The molecule has 11 heteroatoms. The molecule has 2 N–H and O–H groups in total. The van der Waals surface area contributed by atoms with Crippen molar-refractivity contribution in [3.63, 3.8) is 0 Å². The fourth-order valence-corrected chi connectivity index (χ4v) is 12.6. The minimum absolute atomic E-state index is 0.0268. The lowest BCUT2D eigenvalue weighted by molar-refractivity contribution is -0.274. The summed E-state index contributed by atoms with van der Waals surface area (Å²) in [5.41, 5.74) is -1.90. The molecule has 2 spiro atoms. The molecule has 0 aliphatic heterocycles. The fraction of sp³-hybridized carbons (Fsp3) is 0.711. The number of nitrogens with zero attached hydrogens (tertiary/aromatic N) is 1. The second-order valence-corrected chi connectivity index (χ2v) is 18.7. The summed E-state index contributed by atoms with van der Waals surface area (Å²) in [6, 6.07) is 5.13.